The molecule has 4 nitrogen and oxygen atoms in total. The van der Waals surface area contributed by atoms with Crippen LogP contribution in [0.4, 0.5) is 0 Å². The van der Waals surface area contributed by atoms with Crippen LogP contribution in [-0.4, -0.2) is 30.4 Å². The Morgan fingerprint density at radius 1 is 1.15 bits per heavy atom. The van der Waals surface area contributed by atoms with Gasteiger partial charge >= 0.3 is 5.97 Å². The van der Waals surface area contributed by atoms with Crippen LogP contribution in [-0.2, 0) is 4.74 Å². The average Bonchev–Trinajstić information content (AvgIpc) is 2.46. The summed E-state index contributed by atoms with van der Waals surface area (Å²) in [6, 6.07) is 6.98. The van der Waals surface area contributed by atoms with Crippen molar-refractivity contribution in [2.75, 3.05) is 7.11 Å². The Morgan fingerprint density at radius 2 is 1.85 bits per heavy atom. The van der Waals surface area contributed by atoms with Crippen LogP contribution in [0.1, 0.15) is 48.9 Å². The van der Waals surface area contributed by atoms with Gasteiger partial charge in [0.1, 0.15) is 17.4 Å². The first-order valence-electron chi connectivity index (χ1n) is 7.24. The Bertz CT molecular complexity index is 444. The normalized spacial score (nSPS) is 23.5. The maximum atomic E-state index is 12.2. The van der Waals surface area contributed by atoms with E-state index < -0.39 is 18.2 Å². The zero-order valence-electron chi connectivity index (χ0n) is 11.9. The van der Waals surface area contributed by atoms with Crippen LogP contribution in [0.25, 0.3) is 0 Å². The molecule has 1 aliphatic carbocycles. The van der Waals surface area contributed by atoms with Crippen LogP contribution in [0, 0.1) is 0 Å². The van der Waals surface area contributed by atoms with Crippen molar-refractivity contribution >= 4 is 5.97 Å². The van der Waals surface area contributed by atoms with Crippen LogP contribution in [0.15, 0.2) is 24.3 Å². The molecule has 4 heteroatoms. The number of hydrogen-bond donors (Lipinski definition) is 1. The van der Waals surface area contributed by atoms with E-state index in [-0.39, 0.29) is 0 Å². The molecule has 0 heterocycles. The number of carbonyl (C=O) groups is 1. The highest BCUT2D eigenvalue weighted by Crippen LogP contribution is 2.23. The van der Waals surface area contributed by atoms with Gasteiger partial charge in [-0.2, -0.15) is 0 Å². The predicted octanol–water partition coefficient (Wildman–Crippen LogP) is 2.94. The average molecular weight is 278 g/mol. The second-order valence-electron chi connectivity index (χ2n) is 5.20. The molecule has 0 unspecified atom stereocenters. The number of aliphatic hydroxyl groups is 1. The van der Waals surface area contributed by atoms with Gasteiger partial charge in [0.25, 0.3) is 0 Å². The summed E-state index contributed by atoms with van der Waals surface area (Å²) in [6.07, 6.45) is 4.71. The first kappa shape index (κ1) is 14.9. The molecule has 1 N–H and O–H groups in total. The number of para-hydroxylation sites is 1. The summed E-state index contributed by atoms with van der Waals surface area (Å²) in [4.78, 5) is 12.2. The van der Waals surface area contributed by atoms with E-state index in [0.29, 0.717) is 17.7 Å². The smallest absolute Gasteiger partial charge is 0.342 e. The van der Waals surface area contributed by atoms with E-state index in [1.807, 2.05) is 0 Å². The van der Waals surface area contributed by atoms with E-state index in [9.17, 15) is 9.90 Å². The lowest BCUT2D eigenvalue weighted by Gasteiger charge is -2.25. The van der Waals surface area contributed by atoms with Gasteiger partial charge in [0, 0.05) is 0 Å². The van der Waals surface area contributed by atoms with Gasteiger partial charge in [-0.15, -0.1) is 0 Å². The topological polar surface area (TPSA) is 55.8 Å². The molecule has 0 spiro atoms. The van der Waals surface area contributed by atoms with Gasteiger partial charge < -0.3 is 14.6 Å². The van der Waals surface area contributed by atoms with Crippen LogP contribution in [0.5, 0.6) is 5.75 Å². The third kappa shape index (κ3) is 3.73. The molecule has 0 aliphatic heterocycles. The van der Waals surface area contributed by atoms with Crippen molar-refractivity contribution in [2.45, 2.75) is 50.7 Å². The summed E-state index contributed by atoms with van der Waals surface area (Å²) in [5.41, 5.74) is 0.407. The number of rotatable bonds is 3. The molecule has 20 heavy (non-hydrogen) atoms. The van der Waals surface area contributed by atoms with Crippen molar-refractivity contribution in [1.82, 2.24) is 0 Å². The van der Waals surface area contributed by atoms with Crippen LogP contribution in [0.2, 0.25) is 0 Å². The number of methoxy groups -OCH3 is 1. The fourth-order valence-electron chi connectivity index (χ4n) is 2.58. The van der Waals surface area contributed by atoms with Crippen LogP contribution >= 0.6 is 0 Å². The Hall–Kier alpha value is -1.55. The van der Waals surface area contributed by atoms with Crippen molar-refractivity contribution in [3.05, 3.63) is 29.8 Å². The molecule has 0 radical (unpaired) electrons. The number of carbonyl (C=O) groups excluding carboxylic acids is 1. The summed E-state index contributed by atoms with van der Waals surface area (Å²) < 4.78 is 10.7. The number of ether oxygens (including phenoxy) is 2. The second-order valence-corrected chi connectivity index (χ2v) is 5.20. The molecule has 0 amide bonds. The number of esters is 1. The Morgan fingerprint density at radius 3 is 2.60 bits per heavy atom. The van der Waals surface area contributed by atoms with Gasteiger partial charge in [-0.05, 0) is 31.4 Å². The molecule has 0 bridgehead atoms. The predicted molar refractivity (Wildman–Crippen MR) is 75.9 cm³/mol. The minimum absolute atomic E-state index is 0.407. The van der Waals surface area contributed by atoms with E-state index in [1.54, 1.807) is 24.3 Å². The Kier molecular flexibility index (Phi) is 5.41. The van der Waals surface area contributed by atoms with Gasteiger partial charge in [-0.1, -0.05) is 31.4 Å². The van der Waals surface area contributed by atoms with Crippen molar-refractivity contribution in [2.24, 2.45) is 0 Å². The standard InChI is InChI=1S/C16H22O4/c1-19-14-10-7-6-8-12(14)16(18)20-15-11-5-3-2-4-9-13(15)17/h6-8,10,13,15,17H,2-5,9,11H2,1H3/t13-,15+/m1/s1. The molecule has 2 rings (SSSR count). The van der Waals surface area contributed by atoms with Gasteiger partial charge in [-0.25, -0.2) is 4.79 Å². The largest absolute Gasteiger partial charge is 0.496 e. The maximum Gasteiger partial charge on any atom is 0.342 e. The summed E-state index contributed by atoms with van der Waals surface area (Å²) in [5, 5.41) is 10.1. The summed E-state index contributed by atoms with van der Waals surface area (Å²) in [7, 11) is 1.52. The molecule has 1 aromatic rings. The Balaban J connectivity index is 2.05. The lowest BCUT2D eigenvalue weighted by molar-refractivity contribution is -0.0284. The van der Waals surface area contributed by atoms with E-state index in [1.165, 1.54) is 7.11 Å². The number of benzene rings is 1. The lowest BCUT2D eigenvalue weighted by atomic mass is 9.96. The van der Waals surface area contributed by atoms with Crippen molar-refractivity contribution in [1.29, 1.82) is 0 Å². The van der Waals surface area contributed by atoms with Crippen molar-refractivity contribution < 1.29 is 19.4 Å². The Labute approximate surface area is 119 Å². The molecular formula is C16H22O4. The van der Waals surface area contributed by atoms with Crippen LogP contribution < -0.4 is 4.74 Å². The fraction of sp³-hybridized carbons (Fsp3) is 0.562. The highest BCUT2D eigenvalue weighted by atomic mass is 16.6. The molecule has 1 aromatic carbocycles. The van der Waals surface area contributed by atoms with E-state index in [0.717, 1.165) is 32.1 Å². The van der Waals surface area contributed by atoms with E-state index in [4.69, 9.17) is 9.47 Å². The SMILES string of the molecule is COc1ccccc1C(=O)O[C@H]1CCCCCC[C@H]1O. The summed E-state index contributed by atoms with van der Waals surface area (Å²) in [6.45, 7) is 0. The molecule has 1 fully saturated rings. The maximum absolute atomic E-state index is 12.2. The monoisotopic (exact) mass is 278 g/mol. The number of aliphatic hydroxyl groups excluding tert-OH is 1. The molecule has 1 saturated carbocycles. The van der Waals surface area contributed by atoms with Gasteiger partial charge in [0.2, 0.25) is 0 Å². The highest BCUT2D eigenvalue weighted by Gasteiger charge is 2.25. The number of hydrogen-bond acceptors (Lipinski definition) is 4. The minimum atomic E-state index is -0.561. The summed E-state index contributed by atoms with van der Waals surface area (Å²) >= 11 is 0. The van der Waals surface area contributed by atoms with Gasteiger partial charge in [-0.3, -0.25) is 0 Å². The fourth-order valence-corrected chi connectivity index (χ4v) is 2.58. The van der Waals surface area contributed by atoms with Crippen LogP contribution in [0.3, 0.4) is 0 Å². The first-order valence-corrected chi connectivity index (χ1v) is 7.24. The zero-order chi connectivity index (χ0) is 14.4. The van der Waals surface area contributed by atoms with Crippen molar-refractivity contribution in [3.63, 3.8) is 0 Å². The minimum Gasteiger partial charge on any atom is -0.496 e. The lowest BCUT2D eigenvalue weighted by Crippen LogP contribution is -2.32. The zero-order valence-corrected chi connectivity index (χ0v) is 11.9. The molecule has 110 valence electrons. The van der Waals surface area contributed by atoms with E-state index in [2.05, 4.69) is 0 Å². The molecule has 0 saturated heterocycles. The third-order valence-corrected chi connectivity index (χ3v) is 3.75. The highest BCUT2D eigenvalue weighted by molar-refractivity contribution is 5.92. The molecule has 0 aromatic heterocycles. The van der Waals surface area contributed by atoms with Crippen molar-refractivity contribution in [3.8, 4) is 5.75 Å². The van der Waals surface area contributed by atoms with E-state index >= 15 is 0 Å². The molecule has 1 aliphatic rings. The molecular weight excluding hydrogens is 256 g/mol. The quantitative estimate of drug-likeness (QED) is 0.864. The second kappa shape index (κ2) is 7.29. The van der Waals surface area contributed by atoms with Gasteiger partial charge in [0.15, 0.2) is 0 Å². The molecule has 2 atom stereocenters. The first-order chi connectivity index (χ1) is 9.72. The third-order valence-electron chi connectivity index (χ3n) is 3.75. The van der Waals surface area contributed by atoms with Gasteiger partial charge in [0.05, 0.1) is 13.2 Å². The summed E-state index contributed by atoms with van der Waals surface area (Å²) in [5.74, 6) is 0.0740.